The van der Waals surface area contributed by atoms with Crippen LogP contribution in [-0.2, 0) is 6.42 Å². The second-order valence-electron chi connectivity index (χ2n) is 7.79. The number of aryl methyl sites for hydroxylation is 3. The number of nitrogens with zero attached hydrogens (tertiary/aromatic N) is 3. The van der Waals surface area contributed by atoms with Crippen molar-refractivity contribution >= 4 is 11.6 Å². The summed E-state index contributed by atoms with van der Waals surface area (Å²) in [5, 5.41) is 7.29. The Bertz CT molecular complexity index is 998. The summed E-state index contributed by atoms with van der Waals surface area (Å²) in [6.07, 6.45) is 1.01. The Morgan fingerprint density at radius 3 is 2.41 bits per heavy atom. The van der Waals surface area contributed by atoms with E-state index in [9.17, 15) is 4.79 Å². The highest BCUT2D eigenvalue weighted by Crippen LogP contribution is 2.24. The Kier molecular flexibility index (Phi) is 5.38. The number of nitrogens with one attached hydrogen (secondary N) is 1. The molecular weight excluding hydrogens is 360 g/mol. The quantitative estimate of drug-likeness (QED) is 0.728. The summed E-state index contributed by atoms with van der Waals surface area (Å²) in [7, 11) is 0. The number of aromatic amines is 1. The summed E-state index contributed by atoms with van der Waals surface area (Å²) in [5.41, 5.74) is 7.50. The summed E-state index contributed by atoms with van der Waals surface area (Å²) < 4.78 is 0. The third-order valence-electron chi connectivity index (χ3n) is 5.74. The number of carbonyl (C=O) groups excluding carboxylic acids is 1. The van der Waals surface area contributed by atoms with E-state index >= 15 is 0 Å². The van der Waals surface area contributed by atoms with Crippen molar-refractivity contribution in [3.05, 3.63) is 70.9 Å². The lowest BCUT2D eigenvalue weighted by Gasteiger charge is -2.36. The van der Waals surface area contributed by atoms with E-state index in [2.05, 4.69) is 78.3 Å². The van der Waals surface area contributed by atoms with E-state index in [1.807, 2.05) is 11.0 Å². The van der Waals surface area contributed by atoms with Crippen LogP contribution < -0.4 is 4.90 Å². The van der Waals surface area contributed by atoms with Crippen molar-refractivity contribution in [1.29, 1.82) is 0 Å². The number of aromatic nitrogens is 2. The van der Waals surface area contributed by atoms with Crippen LogP contribution in [0.5, 0.6) is 0 Å². The maximum atomic E-state index is 12.9. The molecule has 1 amide bonds. The number of anilines is 1. The molecule has 0 aliphatic carbocycles. The number of H-pyrrole nitrogens is 1. The fraction of sp³-hybridized carbons (Fsp3) is 0.333. The van der Waals surface area contributed by atoms with Crippen LogP contribution >= 0.6 is 0 Å². The molecule has 1 aromatic heterocycles. The Morgan fingerprint density at radius 1 is 1.00 bits per heavy atom. The second kappa shape index (κ2) is 8.11. The highest BCUT2D eigenvalue weighted by Gasteiger charge is 2.24. The average molecular weight is 389 g/mol. The maximum Gasteiger partial charge on any atom is 0.272 e. The van der Waals surface area contributed by atoms with Gasteiger partial charge in [-0.25, -0.2) is 0 Å². The number of hydrogen-bond acceptors (Lipinski definition) is 3. The molecule has 5 heteroatoms. The molecule has 0 unspecified atom stereocenters. The van der Waals surface area contributed by atoms with Crippen molar-refractivity contribution in [2.24, 2.45) is 0 Å². The topological polar surface area (TPSA) is 52.2 Å². The van der Waals surface area contributed by atoms with Gasteiger partial charge in [0.25, 0.3) is 5.91 Å². The third-order valence-corrected chi connectivity index (χ3v) is 5.74. The Hall–Kier alpha value is -3.08. The molecule has 29 heavy (non-hydrogen) atoms. The Labute approximate surface area is 172 Å². The van der Waals surface area contributed by atoms with Gasteiger partial charge in [0.05, 0.1) is 5.69 Å². The number of rotatable bonds is 4. The molecule has 1 saturated heterocycles. The van der Waals surface area contributed by atoms with Crippen molar-refractivity contribution in [3.8, 4) is 11.3 Å². The average Bonchev–Trinajstić information content (AvgIpc) is 3.25. The summed E-state index contributed by atoms with van der Waals surface area (Å²) in [4.78, 5) is 17.2. The van der Waals surface area contributed by atoms with Crippen molar-refractivity contribution < 1.29 is 4.79 Å². The monoisotopic (exact) mass is 388 g/mol. The molecule has 3 aromatic rings. The van der Waals surface area contributed by atoms with Gasteiger partial charge < -0.3 is 9.80 Å². The van der Waals surface area contributed by atoms with E-state index in [-0.39, 0.29) is 5.91 Å². The van der Waals surface area contributed by atoms with Crippen LogP contribution in [-0.4, -0.2) is 47.2 Å². The summed E-state index contributed by atoms with van der Waals surface area (Å²) >= 11 is 0. The number of benzene rings is 2. The van der Waals surface area contributed by atoms with Gasteiger partial charge in [-0.3, -0.25) is 9.89 Å². The second-order valence-corrected chi connectivity index (χ2v) is 7.79. The molecule has 1 fully saturated rings. The predicted molar refractivity (Wildman–Crippen MR) is 117 cm³/mol. The minimum Gasteiger partial charge on any atom is -0.368 e. The van der Waals surface area contributed by atoms with Crippen LogP contribution in [0.2, 0.25) is 0 Å². The third kappa shape index (κ3) is 4.04. The standard InChI is InChI=1S/C24H28N4O/c1-4-19-7-9-20(10-8-19)21-16-22(26-25-21)24(29)28-13-11-27(12-14-28)23-15-17(2)5-6-18(23)3/h5-10,15-16H,4,11-14H2,1-3H3,(H,25,26). The molecule has 1 aliphatic heterocycles. The molecule has 0 spiro atoms. The van der Waals surface area contributed by atoms with Gasteiger partial charge in [0, 0.05) is 37.4 Å². The van der Waals surface area contributed by atoms with Gasteiger partial charge >= 0.3 is 0 Å². The van der Waals surface area contributed by atoms with Gasteiger partial charge in [-0.1, -0.05) is 43.3 Å². The largest absolute Gasteiger partial charge is 0.368 e. The van der Waals surface area contributed by atoms with Crippen LogP contribution in [0.1, 0.15) is 34.1 Å². The van der Waals surface area contributed by atoms with Gasteiger partial charge in [-0.15, -0.1) is 0 Å². The first kappa shape index (κ1) is 19.2. The molecule has 150 valence electrons. The molecule has 4 rings (SSSR count). The van der Waals surface area contributed by atoms with E-state index in [0.717, 1.165) is 30.8 Å². The van der Waals surface area contributed by atoms with Crippen LogP contribution in [0.3, 0.4) is 0 Å². The van der Waals surface area contributed by atoms with Gasteiger partial charge in [0.15, 0.2) is 0 Å². The van der Waals surface area contributed by atoms with Crippen molar-refractivity contribution in [1.82, 2.24) is 15.1 Å². The summed E-state index contributed by atoms with van der Waals surface area (Å²) in [6.45, 7) is 9.52. The van der Waals surface area contributed by atoms with Crippen molar-refractivity contribution in [3.63, 3.8) is 0 Å². The normalized spacial score (nSPS) is 14.3. The number of carbonyl (C=O) groups is 1. The minimum absolute atomic E-state index is 0.0227. The van der Waals surface area contributed by atoms with Crippen molar-refractivity contribution in [2.45, 2.75) is 27.2 Å². The zero-order valence-electron chi connectivity index (χ0n) is 17.4. The van der Waals surface area contributed by atoms with Crippen molar-refractivity contribution in [2.75, 3.05) is 31.1 Å². The molecule has 0 bridgehead atoms. The van der Waals surface area contributed by atoms with Gasteiger partial charge in [-0.05, 0) is 49.1 Å². The SMILES string of the molecule is CCc1ccc(-c2cc(C(=O)N3CCN(c4cc(C)ccc4C)CC3)[nH]n2)cc1. The minimum atomic E-state index is 0.0227. The van der Waals surface area contributed by atoms with Crippen LogP contribution in [0.4, 0.5) is 5.69 Å². The van der Waals surface area contributed by atoms with Gasteiger partial charge in [0.1, 0.15) is 5.69 Å². The maximum absolute atomic E-state index is 12.9. The van der Waals surface area contributed by atoms with Gasteiger partial charge in [-0.2, -0.15) is 5.10 Å². The smallest absolute Gasteiger partial charge is 0.272 e. The number of amides is 1. The van der Waals surface area contributed by atoms with E-state index in [1.54, 1.807) is 0 Å². The fourth-order valence-corrected chi connectivity index (χ4v) is 3.87. The fourth-order valence-electron chi connectivity index (χ4n) is 3.87. The summed E-state index contributed by atoms with van der Waals surface area (Å²) in [6, 6.07) is 16.7. The molecule has 5 nitrogen and oxygen atoms in total. The summed E-state index contributed by atoms with van der Waals surface area (Å²) in [5.74, 6) is 0.0227. The van der Waals surface area contributed by atoms with Gasteiger partial charge in [0.2, 0.25) is 0 Å². The lowest BCUT2D eigenvalue weighted by Crippen LogP contribution is -2.49. The lowest BCUT2D eigenvalue weighted by atomic mass is 10.1. The molecule has 0 radical (unpaired) electrons. The molecular formula is C24H28N4O. The highest BCUT2D eigenvalue weighted by atomic mass is 16.2. The molecule has 0 saturated carbocycles. The van der Waals surface area contributed by atoms with E-state index in [4.69, 9.17) is 0 Å². The Morgan fingerprint density at radius 2 is 1.72 bits per heavy atom. The molecule has 0 atom stereocenters. The van der Waals surface area contributed by atoms with Crippen LogP contribution in [0, 0.1) is 13.8 Å². The zero-order chi connectivity index (χ0) is 20.4. The highest BCUT2D eigenvalue weighted by molar-refractivity contribution is 5.93. The van der Waals surface area contributed by atoms with E-state index < -0.39 is 0 Å². The Balaban J connectivity index is 1.42. The first-order valence-electron chi connectivity index (χ1n) is 10.3. The molecule has 2 heterocycles. The van der Waals surface area contributed by atoms with E-state index in [1.165, 1.54) is 22.4 Å². The number of piperazine rings is 1. The predicted octanol–water partition coefficient (Wildman–Crippen LogP) is 4.22. The molecule has 2 aromatic carbocycles. The first-order valence-corrected chi connectivity index (χ1v) is 10.3. The first-order chi connectivity index (χ1) is 14.0. The van der Waals surface area contributed by atoms with Crippen LogP contribution in [0.25, 0.3) is 11.3 Å². The van der Waals surface area contributed by atoms with E-state index in [0.29, 0.717) is 18.8 Å². The molecule has 1 aliphatic rings. The lowest BCUT2D eigenvalue weighted by molar-refractivity contribution is 0.0741. The zero-order valence-corrected chi connectivity index (χ0v) is 17.4. The number of hydrogen-bond donors (Lipinski definition) is 1. The van der Waals surface area contributed by atoms with Crippen LogP contribution in [0.15, 0.2) is 48.5 Å². The molecule has 1 N–H and O–H groups in total.